The van der Waals surface area contributed by atoms with E-state index in [1.54, 1.807) is 0 Å². The van der Waals surface area contributed by atoms with E-state index in [-0.39, 0.29) is 0 Å². The summed E-state index contributed by atoms with van der Waals surface area (Å²) in [4.78, 5) is 8.03. The fourth-order valence-corrected chi connectivity index (χ4v) is 3.99. The maximum absolute atomic E-state index is 6.05. The van der Waals surface area contributed by atoms with E-state index in [4.69, 9.17) is 10.5 Å². The first-order valence-corrected chi connectivity index (χ1v) is 8.17. The molecule has 108 valence electrons. The lowest BCUT2D eigenvalue weighted by Gasteiger charge is -2.25. The molecule has 1 aromatic heterocycles. The molecular formula is C15H21N3OS. The second-order valence-corrected chi connectivity index (χ2v) is 6.61. The average molecular weight is 291 g/mol. The first-order valence-electron chi connectivity index (χ1n) is 7.29. The highest BCUT2D eigenvalue weighted by Gasteiger charge is 2.21. The number of thioether (sulfide) groups is 1. The van der Waals surface area contributed by atoms with E-state index >= 15 is 0 Å². The molecule has 5 heteroatoms. The van der Waals surface area contributed by atoms with Crippen molar-refractivity contribution in [3.05, 3.63) is 18.2 Å². The van der Waals surface area contributed by atoms with Gasteiger partial charge in [-0.1, -0.05) is 18.2 Å². The Morgan fingerprint density at radius 1 is 1.45 bits per heavy atom. The minimum Gasteiger partial charge on any atom is -0.494 e. The fraction of sp³-hybridized carbons (Fsp3) is 0.533. The highest BCUT2D eigenvalue weighted by molar-refractivity contribution is 7.99. The molecule has 1 aliphatic rings. The molecule has 2 aromatic rings. The smallest absolute Gasteiger partial charge is 0.166 e. The van der Waals surface area contributed by atoms with Gasteiger partial charge in [-0.15, -0.1) is 0 Å². The van der Waals surface area contributed by atoms with Crippen LogP contribution in [-0.2, 0) is 0 Å². The third-order valence-electron chi connectivity index (χ3n) is 3.69. The van der Waals surface area contributed by atoms with Crippen LogP contribution in [0.3, 0.4) is 0 Å². The van der Waals surface area contributed by atoms with Crippen LogP contribution in [0.15, 0.2) is 23.4 Å². The van der Waals surface area contributed by atoms with Gasteiger partial charge in [0.05, 0.1) is 17.6 Å². The van der Waals surface area contributed by atoms with Crippen molar-refractivity contribution in [1.82, 2.24) is 9.97 Å². The Bertz CT molecular complexity index is 584. The number of nitrogens with two attached hydrogens (primary N) is 1. The van der Waals surface area contributed by atoms with Crippen LogP contribution >= 0.6 is 11.8 Å². The standard InChI is InChI=1S/C15H21N3OS/c1-2-19-11-6-7-13-14(9-11)18-15(17-13)20-12-5-3-4-10(16)8-12/h6-7,9-10,12H,2-5,8,16H2,1H3,(H,17,18). The Morgan fingerprint density at radius 3 is 3.15 bits per heavy atom. The van der Waals surface area contributed by atoms with Crippen molar-refractivity contribution in [2.75, 3.05) is 6.61 Å². The lowest BCUT2D eigenvalue weighted by molar-refractivity contribution is 0.340. The number of ether oxygens (including phenoxy) is 1. The molecule has 0 amide bonds. The molecule has 1 fully saturated rings. The first kappa shape index (κ1) is 13.8. The molecule has 1 heterocycles. The monoisotopic (exact) mass is 291 g/mol. The minimum absolute atomic E-state index is 0.357. The molecule has 0 aliphatic heterocycles. The number of H-pyrrole nitrogens is 1. The quantitative estimate of drug-likeness (QED) is 0.907. The second kappa shape index (κ2) is 6.06. The van der Waals surface area contributed by atoms with Gasteiger partial charge in [-0.05, 0) is 38.3 Å². The number of aromatic nitrogens is 2. The molecule has 3 N–H and O–H groups in total. The summed E-state index contributed by atoms with van der Waals surface area (Å²) in [6.07, 6.45) is 4.72. The molecule has 2 atom stereocenters. The Morgan fingerprint density at radius 2 is 2.35 bits per heavy atom. The zero-order valence-electron chi connectivity index (χ0n) is 11.8. The van der Waals surface area contributed by atoms with Crippen molar-refractivity contribution in [3.63, 3.8) is 0 Å². The molecule has 1 aromatic carbocycles. The molecule has 1 saturated carbocycles. The highest BCUT2D eigenvalue weighted by Crippen LogP contribution is 2.33. The summed E-state index contributed by atoms with van der Waals surface area (Å²) in [5.41, 5.74) is 8.08. The van der Waals surface area contributed by atoms with E-state index in [1.165, 1.54) is 12.8 Å². The second-order valence-electron chi connectivity index (χ2n) is 5.32. The summed E-state index contributed by atoms with van der Waals surface area (Å²) in [5, 5.41) is 1.58. The predicted molar refractivity (Wildman–Crippen MR) is 83.4 cm³/mol. The van der Waals surface area contributed by atoms with Crippen molar-refractivity contribution >= 4 is 22.8 Å². The van der Waals surface area contributed by atoms with E-state index in [1.807, 2.05) is 36.9 Å². The van der Waals surface area contributed by atoms with Gasteiger partial charge >= 0.3 is 0 Å². The first-order chi connectivity index (χ1) is 9.74. The van der Waals surface area contributed by atoms with E-state index in [0.717, 1.165) is 34.8 Å². The van der Waals surface area contributed by atoms with Gasteiger partial charge in [0.15, 0.2) is 5.16 Å². The van der Waals surface area contributed by atoms with Crippen LogP contribution < -0.4 is 10.5 Å². The van der Waals surface area contributed by atoms with Crippen molar-refractivity contribution in [2.45, 2.75) is 49.1 Å². The van der Waals surface area contributed by atoms with Crippen molar-refractivity contribution < 1.29 is 4.74 Å². The summed E-state index contributed by atoms with van der Waals surface area (Å²) in [6, 6.07) is 6.35. The van der Waals surface area contributed by atoms with Gasteiger partial charge in [0.25, 0.3) is 0 Å². The van der Waals surface area contributed by atoms with Gasteiger partial charge in [0, 0.05) is 17.4 Å². The number of imidazole rings is 1. The molecule has 2 unspecified atom stereocenters. The zero-order chi connectivity index (χ0) is 13.9. The third-order valence-corrected chi connectivity index (χ3v) is 4.87. The minimum atomic E-state index is 0.357. The number of hydrogen-bond acceptors (Lipinski definition) is 4. The summed E-state index contributed by atoms with van der Waals surface area (Å²) >= 11 is 1.83. The molecular weight excluding hydrogens is 270 g/mol. The fourth-order valence-electron chi connectivity index (χ4n) is 2.72. The molecule has 4 nitrogen and oxygen atoms in total. The Kier molecular flexibility index (Phi) is 4.17. The third kappa shape index (κ3) is 3.10. The summed E-state index contributed by atoms with van der Waals surface area (Å²) in [7, 11) is 0. The van der Waals surface area contributed by atoms with Gasteiger partial charge in [-0.25, -0.2) is 4.98 Å². The largest absolute Gasteiger partial charge is 0.494 e. The summed E-state index contributed by atoms with van der Waals surface area (Å²) in [6.45, 7) is 2.67. The van der Waals surface area contributed by atoms with Crippen LogP contribution in [0.5, 0.6) is 5.75 Å². The predicted octanol–water partition coefficient (Wildman–Crippen LogP) is 3.32. The highest BCUT2D eigenvalue weighted by atomic mass is 32.2. The maximum atomic E-state index is 6.05. The van der Waals surface area contributed by atoms with Crippen LogP contribution in [0.1, 0.15) is 32.6 Å². The van der Waals surface area contributed by atoms with Crippen LogP contribution in [0.4, 0.5) is 0 Å². The Hall–Kier alpha value is -1.20. The van der Waals surface area contributed by atoms with Crippen molar-refractivity contribution in [3.8, 4) is 5.75 Å². The topological polar surface area (TPSA) is 63.9 Å². The van der Waals surface area contributed by atoms with E-state index in [0.29, 0.717) is 17.9 Å². The normalized spacial score (nSPS) is 23.1. The average Bonchev–Trinajstić information content (AvgIpc) is 2.80. The SMILES string of the molecule is CCOc1ccc2nc(SC3CCCC(N)C3)[nH]c2c1. The van der Waals surface area contributed by atoms with E-state index in [2.05, 4.69) is 9.97 Å². The summed E-state index contributed by atoms with van der Waals surface area (Å²) in [5.74, 6) is 0.889. The number of nitrogens with zero attached hydrogens (tertiary/aromatic N) is 1. The Labute approximate surface area is 123 Å². The van der Waals surface area contributed by atoms with Crippen LogP contribution in [0.25, 0.3) is 11.0 Å². The number of nitrogens with one attached hydrogen (secondary N) is 1. The van der Waals surface area contributed by atoms with E-state index in [9.17, 15) is 0 Å². The number of benzene rings is 1. The molecule has 3 rings (SSSR count). The molecule has 0 bridgehead atoms. The lowest BCUT2D eigenvalue weighted by Crippen LogP contribution is -2.29. The van der Waals surface area contributed by atoms with Gasteiger partial charge in [-0.2, -0.15) is 0 Å². The molecule has 0 radical (unpaired) electrons. The number of hydrogen-bond donors (Lipinski definition) is 2. The lowest BCUT2D eigenvalue weighted by atomic mass is 9.96. The van der Waals surface area contributed by atoms with Gasteiger partial charge in [0.2, 0.25) is 0 Å². The van der Waals surface area contributed by atoms with Gasteiger partial charge < -0.3 is 15.5 Å². The molecule has 0 saturated heterocycles. The van der Waals surface area contributed by atoms with Gasteiger partial charge in [0.1, 0.15) is 5.75 Å². The zero-order valence-corrected chi connectivity index (χ0v) is 12.6. The van der Waals surface area contributed by atoms with Gasteiger partial charge in [-0.3, -0.25) is 0 Å². The Balaban J connectivity index is 1.75. The number of rotatable bonds is 4. The van der Waals surface area contributed by atoms with E-state index < -0.39 is 0 Å². The van der Waals surface area contributed by atoms with Crippen LogP contribution in [-0.4, -0.2) is 27.9 Å². The number of fused-ring (bicyclic) bond motifs is 1. The van der Waals surface area contributed by atoms with Crippen LogP contribution in [0.2, 0.25) is 0 Å². The molecule has 20 heavy (non-hydrogen) atoms. The molecule has 0 spiro atoms. The van der Waals surface area contributed by atoms with Crippen molar-refractivity contribution in [1.29, 1.82) is 0 Å². The number of aromatic amines is 1. The maximum Gasteiger partial charge on any atom is 0.166 e. The van der Waals surface area contributed by atoms with Crippen molar-refractivity contribution in [2.24, 2.45) is 5.73 Å². The van der Waals surface area contributed by atoms with Crippen LogP contribution in [0, 0.1) is 0 Å². The molecule has 1 aliphatic carbocycles. The summed E-state index contributed by atoms with van der Waals surface area (Å²) < 4.78 is 5.52.